The van der Waals surface area contributed by atoms with Gasteiger partial charge in [0.05, 0.1) is 5.70 Å². The van der Waals surface area contributed by atoms with E-state index in [2.05, 4.69) is 39.8 Å². The van der Waals surface area contributed by atoms with Gasteiger partial charge in [-0.15, -0.1) is 0 Å². The van der Waals surface area contributed by atoms with Crippen molar-refractivity contribution in [1.29, 1.82) is 0 Å². The number of carbonyl (C=O) groups excluding carboxylic acids is 1. The van der Waals surface area contributed by atoms with E-state index >= 15 is 0 Å². The lowest BCUT2D eigenvalue weighted by atomic mass is 10.1. The molecular formula is C19H21BrN2O. The highest BCUT2D eigenvalue weighted by Crippen LogP contribution is 2.13. The summed E-state index contributed by atoms with van der Waals surface area (Å²) in [4.78, 5) is 12.2. The van der Waals surface area contributed by atoms with Crippen molar-refractivity contribution in [2.24, 2.45) is 0 Å². The Morgan fingerprint density at radius 2 is 1.78 bits per heavy atom. The Balaban J connectivity index is 2.06. The minimum atomic E-state index is -0.163. The molecule has 0 aliphatic heterocycles. The van der Waals surface area contributed by atoms with Gasteiger partial charge in [-0.1, -0.05) is 71.7 Å². The van der Waals surface area contributed by atoms with Crippen LogP contribution in [-0.4, -0.2) is 5.91 Å². The number of rotatable bonds is 7. The molecule has 0 aliphatic carbocycles. The molecule has 0 spiro atoms. The fourth-order valence-electron chi connectivity index (χ4n) is 2.14. The Hall–Kier alpha value is -2.07. The molecule has 0 radical (unpaired) electrons. The lowest BCUT2D eigenvalue weighted by Gasteiger charge is -2.13. The van der Waals surface area contributed by atoms with Crippen LogP contribution in [0.1, 0.15) is 42.1 Å². The molecule has 0 atom stereocenters. The summed E-state index contributed by atoms with van der Waals surface area (Å²) in [6.45, 7) is 2.17. The number of nitrogens with one attached hydrogen (secondary N) is 2. The van der Waals surface area contributed by atoms with E-state index in [1.165, 1.54) is 0 Å². The zero-order chi connectivity index (χ0) is 16.5. The van der Waals surface area contributed by atoms with Crippen LogP contribution < -0.4 is 10.9 Å². The maximum absolute atomic E-state index is 12.2. The summed E-state index contributed by atoms with van der Waals surface area (Å²) in [6, 6.07) is 17.3. The molecule has 0 bridgehead atoms. The van der Waals surface area contributed by atoms with Crippen molar-refractivity contribution < 1.29 is 4.79 Å². The van der Waals surface area contributed by atoms with E-state index in [0.717, 1.165) is 35.0 Å². The molecule has 3 nitrogen and oxygen atoms in total. The molecular weight excluding hydrogens is 352 g/mol. The molecule has 2 rings (SSSR count). The first kappa shape index (κ1) is 17.3. The summed E-state index contributed by atoms with van der Waals surface area (Å²) in [5, 5.41) is 0. The third kappa shape index (κ3) is 5.57. The number of halogens is 1. The molecule has 0 aliphatic rings. The van der Waals surface area contributed by atoms with Crippen molar-refractivity contribution >= 4 is 27.5 Å². The summed E-state index contributed by atoms with van der Waals surface area (Å²) < 4.78 is 0.881. The molecule has 4 heteroatoms. The zero-order valence-electron chi connectivity index (χ0n) is 13.2. The lowest BCUT2D eigenvalue weighted by Crippen LogP contribution is -2.36. The molecule has 23 heavy (non-hydrogen) atoms. The predicted octanol–water partition coefficient (Wildman–Crippen LogP) is 4.91. The van der Waals surface area contributed by atoms with Crippen molar-refractivity contribution in [2.45, 2.75) is 26.2 Å². The second kappa shape index (κ2) is 9.16. The minimum absolute atomic E-state index is 0.163. The molecule has 0 aromatic heterocycles. The number of benzene rings is 2. The highest BCUT2D eigenvalue weighted by atomic mass is 79.9. The summed E-state index contributed by atoms with van der Waals surface area (Å²) in [7, 11) is 0. The Morgan fingerprint density at radius 3 is 2.48 bits per heavy atom. The first-order valence-corrected chi connectivity index (χ1v) is 8.57. The standard InChI is InChI=1S/C19H21BrN2O/c1-2-3-5-13-18(15-9-6-4-7-10-15)21-22-19(23)16-11-8-12-17(20)14-16/h4,6-14,21H,2-3,5H2,1H3,(H,22,23)/b18-13-. The number of hydrazine groups is 1. The van der Waals surface area contributed by atoms with Gasteiger partial charge >= 0.3 is 0 Å². The number of hydrogen-bond donors (Lipinski definition) is 2. The Morgan fingerprint density at radius 1 is 1.04 bits per heavy atom. The van der Waals surface area contributed by atoms with Gasteiger partial charge in [-0.3, -0.25) is 15.6 Å². The molecule has 2 aromatic carbocycles. The van der Waals surface area contributed by atoms with Gasteiger partial charge in [0.25, 0.3) is 5.91 Å². The number of amides is 1. The molecule has 0 fully saturated rings. The molecule has 0 unspecified atom stereocenters. The molecule has 2 N–H and O–H groups in total. The summed E-state index contributed by atoms with van der Waals surface area (Å²) in [5.41, 5.74) is 8.41. The first-order chi connectivity index (χ1) is 11.2. The molecule has 2 aromatic rings. The van der Waals surface area contributed by atoms with Crippen molar-refractivity contribution in [3.05, 3.63) is 76.3 Å². The van der Waals surface area contributed by atoms with Crippen LogP contribution in [0.2, 0.25) is 0 Å². The molecule has 0 heterocycles. The number of allylic oxidation sites excluding steroid dienone is 1. The third-order valence-corrected chi connectivity index (χ3v) is 3.88. The van der Waals surface area contributed by atoms with E-state index in [9.17, 15) is 4.79 Å². The van der Waals surface area contributed by atoms with E-state index in [4.69, 9.17) is 0 Å². The fourth-order valence-corrected chi connectivity index (χ4v) is 2.53. The van der Waals surface area contributed by atoms with Gasteiger partial charge < -0.3 is 0 Å². The van der Waals surface area contributed by atoms with Gasteiger partial charge in [0.1, 0.15) is 0 Å². The Labute approximate surface area is 145 Å². The van der Waals surface area contributed by atoms with Crippen molar-refractivity contribution in [1.82, 2.24) is 10.9 Å². The van der Waals surface area contributed by atoms with E-state index in [0.29, 0.717) is 5.56 Å². The SMILES string of the molecule is CCCC/C=C(\NNC(=O)c1cccc(Br)c1)c1ccccc1. The maximum Gasteiger partial charge on any atom is 0.269 e. The normalized spacial score (nSPS) is 11.1. The lowest BCUT2D eigenvalue weighted by molar-refractivity contribution is 0.0942. The monoisotopic (exact) mass is 372 g/mol. The van der Waals surface area contributed by atoms with Crippen LogP contribution in [0.25, 0.3) is 5.70 Å². The first-order valence-electron chi connectivity index (χ1n) is 7.78. The van der Waals surface area contributed by atoms with Crippen LogP contribution in [0.5, 0.6) is 0 Å². The molecule has 0 saturated heterocycles. The van der Waals surface area contributed by atoms with E-state index < -0.39 is 0 Å². The fraction of sp³-hybridized carbons (Fsp3) is 0.211. The van der Waals surface area contributed by atoms with Gasteiger partial charge in [0.2, 0.25) is 0 Å². The second-order valence-electron chi connectivity index (χ2n) is 5.22. The van der Waals surface area contributed by atoms with Crippen LogP contribution in [0.3, 0.4) is 0 Å². The summed E-state index contributed by atoms with van der Waals surface area (Å²) >= 11 is 3.38. The van der Waals surface area contributed by atoms with Crippen LogP contribution in [0.15, 0.2) is 65.1 Å². The van der Waals surface area contributed by atoms with Crippen molar-refractivity contribution in [2.75, 3.05) is 0 Å². The van der Waals surface area contributed by atoms with Crippen LogP contribution in [-0.2, 0) is 0 Å². The van der Waals surface area contributed by atoms with Gasteiger partial charge in [-0.2, -0.15) is 0 Å². The van der Waals surface area contributed by atoms with Gasteiger partial charge in [0.15, 0.2) is 0 Å². The van der Waals surface area contributed by atoms with Crippen LogP contribution >= 0.6 is 15.9 Å². The Bertz CT molecular complexity index is 668. The largest absolute Gasteiger partial charge is 0.298 e. The topological polar surface area (TPSA) is 41.1 Å². The maximum atomic E-state index is 12.2. The Kier molecular flexibility index (Phi) is 6.88. The highest BCUT2D eigenvalue weighted by molar-refractivity contribution is 9.10. The van der Waals surface area contributed by atoms with E-state index in [1.807, 2.05) is 42.5 Å². The van der Waals surface area contributed by atoms with Gasteiger partial charge in [-0.25, -0.2) is 0 Å². The molecule has 1 amide bonds. The summed E-state index contributed by atoms with van der Waals surface area (Å²) in [6.07, 6.45) is 5.36. The predicted molar refractivity (Wildman–Crippen MR) is 98.7 cm³/mol. The van der Waals surface area contributed by atoms with Gasteiger partial charge in [-0.05, 0) is 36.6 Å². The smallest absolute Gasteiger partial charge is 0.269 e. The molecule has 120 valence electrons. The van der Waals surface area contributed by atoms with E-state index in [-0.39, 0.29) is 5.91 Å². The van der Waals surface area contributed by atoms with E-state index in [1.54, 1.807) is 12.1 Å². The van der Waals surface area contributed by atoms with Crippen LogP contribution in [0, 0.1) is 0 Å². The van der Waals surface area contributed by atoms with Gasteiger partial charge in [0, 0.05) is 10.0 Å². The van der Waals surface area contributed by atoms with Crippen LogP contribution in [0.4, 0.5) is 0 Å². The number of hydrogen-bond acceptors (Lipinski definition) is 2. The summed E-state index contributed by atoms with van der Waals surface area (Å²) in [5.74, 6) is -0.163. The molecule has 0 saturated carbocycles. The average molecular weight is 373 g/mol. The second-order valence-corrected chi connectivity index (χ2v) is 6.13. The minimum Gasteiger partial charge on any atom is -0.298 e. The average Bonchev–Trinajstić information content (AvgIpc) is 2.58. The quantitative estimate of drug-likeness (QED) is 0.535. The number of unbranched alkanes of at least 4 members (excludes halogenated alkanes) is 2. The highest BCUT2D eigenvalue weighted by Gasteiger charge is 2.07. The van der Waals surface area contributed by atoms with Crippen molar-refractivity contribution in [3.63, 3.8) is 0 Å². The number of carbonyl (C=O) groups is 1. The zero-order valence-corrected chi connectivity index (χ0v) is 14.8. The van der Waals surface area contributed by atoms with Crippen molar-refractivity contribution in [3.8, 4) is 0 Å². The third-order valence-electron chi connectivity index (χ3n) is 3.39.